The van der Waals surface area contributed by atoms with Crippen molar-refractivity contribution in [1.29, 1.82) is 0 Å². The number of ether oxygens (including phenoxy) is 2. The molecule has 1 aliphatic heterocycles. The summed E-state index contributed by atoms with van der Waals surface area (Å²) in [5.74, 6) is 0.517. The number of amides is 1. The van der Waals surface area contributed by atoms with Gasteiger partial charge in [0, 0.05) is 19.0 Å². The first kappa shape index (κ1) is 18.4. The SMILES string of the molecule is CC(C)(C)OC(=O)N1CCCC[C@H]1CCOc1cnc2ccccc2n1. The van der Waals surface area contributed by atoms with Gasteiger partial charge in [-0.1, -0.05) is 12.1 Å². The molecule has 1 atom stereocenters. The Labute approximate surface area is 154 Å². The highest BCUT2D eigenvalue weighted by molar-refractivity contribution is 5.73. The smallest absolute Gasteiger partial charge is 0.410 e. The summed E-state index contributed by atoms with van der Waals surface area (Å²) in [6.45, 7) is 6.93. The maximum absolute atomic E-state index is 12.4. The largest absolute Gasteiger partial charge is 0.476 e. The molecular formula is C20H27N3O3. The van der Waals surface area contributed by atoms with Crippen LogP contribution in [-0.4, -0.2) is 45.8 Å². The number of carbonyl (C=O) groups is 1. The van der Waals surface area contributed by atoms with Crippen molar-refractivity contribution in [1.82, 2.24) is 14.9 Å². The van der Waals surface area contributed by atoms with Crippen molar-refractivity contribution in [2.75, 3.05) is 13.2 Å². The van der Waals surface area contributed by atoms with E-state index in [9.17, 15) is 4.79 Å². The van der Waals surface area contributed by atoms with Crippen LogP contribution >= 0.6 is 0 Å². The Morgan fingerprint density at radius 1 is 1.23 bits per heavy atom. The number of carbonyl (C=O) groups excluding carboxylic acids is 1. The van der Waals surface area contributed by atoms with Crippen molar-refractivity contribution in [3.63, 3.8) is 0 Å². The fourth-order valence-corrected chi connectivity index (χ4v) is 3.17. The van der Waals surface area contributed by atoms with Crippen LogP contribution in [0.1, 0.15) is 46.5 Å². The molecule has 6 nitrogen and oxygen atoms in total. The Kier molecular flexibility index (Phi) is 5.59. The quantitative estimate of drug-likeness (QED) is 0.821. The molecule has 1 fully saturated rings. The molecule has 26 heavy (non-hydrogen) atoms. The van der Waals surface area contributed by atoms with Crippen LogP contribution in [0.4, 0.5) is 4.79 Å². The van der Waals surface area contributed by atoms with Crippen molar-refractivity contribution in [3.05, 3.63) is 30.5 Å². The number of aromatic nitrogens is 2. The fourth-order valence-electron chi connectivity index (χ4n) is 3.17. The normalized spacial score (nSPS) is 18.0. The average Bonchev–Trinajstić information content (AvgIpc) is 2.60. The molecule has 0 N–H and O–H groups in total. The molecule has 140 valence electrons. The number of benzene rings is 1. The molecule has 3 rings (SSSR count). The van der Waals surface area contributed by atoms with Gasteiger partial charge in [-0.2, -0.15) is 0 Å². The summed E-state index contributed by atoms with van der Waals surface area (Å²) in [6.07, 6.45) is 5.30. The van der Waals surface area contributed by atoms with Gasteiger partial charge >= 0.3 is 6.09 Å². The first-order valence-corrected chi connectivity index (χ1v) is 9.26. The lowest BCUT2D eigenvalue weighted by Gasteiger charge is -2.36. The van der Waals surface area contributed by atoms with E-state index in [1.54, 1.807) is 6.20 Å². The Morgan fingerprint density at radius 2 is 2.00 bits per heavy atom. The summed E-state index contributed by atoms with van der Waals surface area (Å²) in [7, 11) is 0. The summed E-state index contributed by atoms with van der Waals surface area (Å²) in [5.41, 5.74) is 1.19. The summed E-state index contributed by atoms with van der Waals surface area (Å²) >= 11 is 0. The highest BCUT2D eigenvalue weighted by Crippen LogP contribution is 2.23. The maximum Gasteiger partial charge on any atom is 0.410 e. The van der Waals surface area contributed by atoms with E-state index in [0.29, 0.717) is 12.5 Å². The van der Waals surface area contributed by atoms with E-state index in [1.807, 2.05) is 49.9 Å². The number of piperidine rings is 1. The summed E-state index contributed by atoms with van der Waals surface area (Å²) < 4.78 is 11.3. The molecule has 0 radical (unpaired) electrons. The first-order valence-electron chi connectivity index (χ1n) is 9.26. The molecule has 2 heterocycles. The lowest BCUT2D eigenvalue weighted by Crippen LogP contribution is -2.46. The van der Waals surface area contributed by atoms with Gasteiger partial charge in [-0.05, 0) is 52.2 Å². The lowest BCUT2D eigenvalue weighted by atomic mass is 10.0. The molecular weight excluding hydrogens is 330 g/mol. The van der Waals surface area contributed by atoms with Crippen LogP contribution in [0.5, 0.6) is 5.88 Å². The number of fused-ring (bicyclic) bond motifs is 1. The molecule has 1 saturated heterocycles. The molecule has 2 aromatic rings. The molecule has 6 heteroatoms. The number of hydrogen-bond acceptors (Lipinski definition) is 5. The standard InChI is InChI=1S/C20H27N3O3/c1-20(2,3)26-19(24)23-12-7-6-8-15(23)11-13-25-18-14-21-16-9-4-5-10-17(16)22-18/h4-5,9-10,14-15H,6-8,11-13H2,1-3H3/t15-/m0/s1. The predicted molar refractivity (Wildman–Crippen MR) is 100 cm³/mol. The van der Waals surface area contributed by atoms with Crippen LogP contribution in [0.3, 0.4) is 0 Å². The lowest BCUT2D eigenvalue weighted by molar-refractivity contribution is 0.00738. The Balaban J connectivity index is 1.57. The van der Waals surface area contributed by atoms with Gasteiger partial charge < -0.3 is 14.4 Å². The zero-order valence-corrected chi connectivity index (χ0v) is 15.8. The third-order valence-electron chi connectivity index (χ3n) is 4.38. The highest BCUT2D eigenvalue weighted by atomic mass is 16.6. The van der Waals surface area contributed by atoms with Gasteiger partial charge in [0.1, 0.15) is 5.60 Å². The van der Waals surface area contributed by atoms with Gasteiger partial charge in [0.25, 0.3) is 0 Å². The third-order valence-corrected chi connectivity index (χ3v) is 4.38. The van der Waals surface area contributed by atoms with Gasteiger partial charge in [0.15, 0.2) is 0 Å². The number of hydrogen-bond donors (Lipinski definition) is 0. The predicted octanol–water partition coefficient (Wildman–Crippen LogP) is 4.19. The second kappa shape index (κ2) is 7.89. The topological polar surface area (TPSA) is 64.5 Å². The van der Waals surface area contributed by atoms with Crippen LogP contribution in [0, 0.1) is 0 Å². The molecule has 0 bridgehead atoms. The van der Waals surface area contributed by atoms with Gasteiger partial charge in [-0.15, -0.1) is 0 Å². The van der Waals surface area contributed by atoms with Crippen molar-refractivity contribution in [3.8, 4) is 5.88 Å². The molecule has 0 saturated carbocycles. The maximum atomic E-state index is 12.4. The first-order chi connectivity index (χ1) is 12.4. The van der Waals surface area contributed by atoms with E-state index in [1.165, 1.54) is 0 Å². The van der Waals surface area contributed by atoms with Crippen molar-refractivity contribution in [2.24, 2.45) is 0 Å². The minimum atomic E-state index is -0.476. The van der Waals surface area contributed by atoms with E-state index >= 15 is 0 Å². The molecule has 1 aliphatic rings. The fraction of sp³-hybridized carbons (Fsp3) is 0.550. The van der Waals surface area contributed by atoms with Crippen molar-refractivity contribution < 1.29 is 14.3 Å². The molecule has 1 amide bonds. The molecule has 1 aromatic heterocycles. The van der Waals surface area contributed by atoms with E-state index in [4.69, 9.17) is 9.47 Å². The molecule has 0 aliphatic carbocycles. The van der Waals surface area contributed by atoms with Gasteiger partial charge in [-0.25, -0.2) is 14.8 Å². The zero-order chi connectivity index (χ0) is 18.6. The average molecular weight is 357 g/mol. The van der Waals surface area contributed by atoms with Crippen molar-refractivity contribution in [2.45, 2.75) is 58.1 Å². The van der Waals surface area contributed by atoms with Crippen LogP contribution < -0.4 is 4.74 Å². The minimum absolute atomic E-state index is 0.145. The summed E-state index contributed by atoms with van der Waals surface area (Å²) in [6, 6.07) is 7.85. The second-order valence-electron chi connectivity index (χ2n) is 7.66. The second-order valence-corrected chi connectivity index (χ2v) is 7.66. The minimum Gasteiger partial charge on any atom is -0.476 e. The number of nitrogens with zero attached hydrogens (tertiary/aromatic N) is 3. The monoisotopic (exact) mass is 357 g/mol. The van der Waals surface area contributed by atoms with Gasteiger partial charge in [0.05, 0.1) is 23.8 Å². The van der Waals surface area contributed by atoms with Crippen LogP contribution in [-0.2, 0) is 4.74 Å². The zero-order valence-electron chi connectivity index (χ0n) is 15.8. The van der Waals surface area contributed by atoms with E-state index in [2.05, 4.69) is 9.97 Å². The van der Waals surface area contributed by atoms with Crippen LogP contribution in [0.2, 0.25) is 0 Å². The van der Waals surface area contributed by atoms with Crippen LogP contribution in [0.25, 0.3) is 11.0 Å². The van der Waals surface area contributed by atoms with Gasteiger partial charge in [0.2, 0.25) is 5.88 Å². The third kappa shape index (κ3) is 4.84. The molecule has 1 aromatic carbocycles. The Hall–Kier alpha value is -2.37. The van der Waals surface area contributed by atoms with E-state index in [-0.39, 0.29) is 12.1 Å². The molecule has 0 spiro atoms. The van der Waals surface area contributed by atoms with Crippen LogP contribution in [0.15, 0.2) is 30.5 Å². The van der Waals surface area contributed by atoms with Gasteiger partial charge in [-0.3, -0.25) is 0 Å². The van der Waals surface area contributed by atoms with E-state index < -0.39 is 5.60 Å². The highest BCUT2D eigenvalue weighted by Gasteiger charge is 2.30. The molecule has 0 unspecified atom stereocenters. The number of rotatable bonds is 4. The summed E-state index contributed by atoms with van der Waals surface area (Å²) in [4.78, 5) is 23.1. The number of likely N-dealkylation sites (tertiary alicyclic amines) is 1. The Morgan fingerprint density at radius 3 is 2.77 bits per heavy atom. The Bertz CT molecular complexity index is 757. The number of para-hydroxylation sites is 2. The van der Waals surface area contributed by atoms with Crippen molar-refractivity contribution >= 4 is 17.1 Å². The van der Waals surface area contributed by atoms with E-state index in [0.717, 1.165) is 43.3 Å². The summed E-state index contributed by atoms with van der Waals surface area (Å²) in [5, 5.41) is 0.